The summed E-state index contributed by atoms with van der Waals surface area (Å²) in [5.74, 6) is -0.433. The number of hydrogen-bond donors (Lipinski definition) is 1. The number of carbonyl (C=O) groups is 1. The van der Waals surface area contributed by atoms with Gasteiger partial charge in [-0.2, -0.15) is 13.2 Å². The Morgan fingerprint density at radius 2 is 1.51 bits per heavy atom. The molecule has 0 aliphatic carbocycles. The van der Waals surface area contributed by atoms with E-state index in [2.05, 4.69) is 4.98 Å². The first-order chi connectivity index (χ1) is 19.5. The zero-order valence-electron chi connectivity index (χ0n) is 21.3. The number of rotatable bonds is 8. The summed E-state index contributed by atoms with van der Waals surface area (Å²) in [6, 6.07) is 24.7. The molecule has 0 spiro atoms. The van der Waals surface area contributed by atoms with E-state index in [0.29, 0.717) is 39.1 Å². The van der Waals surface area contributed by atoms with Gasteiger partial charge in [0.05, 0.1) is 28.1 Å². The summed E-state index contributed by atoms with van der Waals surface area (Å²) in [7, 11) is -3.67. The third-order valence-corrected chi connectivity index (χ3v) is 8.08. The first-order valence-electron chi connectivity index (χ1n) is 12.4. The molecule has 6 nitrogen and oxygen atoms in total. The fraction of sp³-hybridized carbons (Fsp3) is 0.0968. The lowest BCUT2D eigenvalue weighted by molar-refractivity contribution is -0.137. The highest BCUT2D eigenvalue weighted by Crippen LogP contribution is 2.38. The molecule has 5 rings (SSSR count). The number of fused-ring (bicyclic) bond motifs is 1. The third-order valence-electron chi connectivity index (χ3n) is 6.38. The van der Waals surface area contributed by atoms with Crippen molar-refractivity contribution in [3.63, 3.8) is 0 Å². The number of ether oxygens (including phenoxy) is 1. The number of benzene rings is 4. The van der Waals surface area contributed by atoms with Crippen molar-refractivity contribution in [1.29, 1.82) is 0 Å². The molecule has 4 aromatic carbocycles. The number of aromatic nitrogens is 1. The second-order valence-electron chi connectivity index (χ2n) is 9.31. The molecule has 0 aliphatic heterocycles. The van der Waals surface area contributed by atoms with Gasteiger partial charge in [-0.1, -0.05) is 48.5 Å². The van der Waals surface area contributed by atoms with Crippen LogP contribution in [0, 0.1) is 0 Å². The van der Waals surface area contributed by atoms with Crippen LogP contribution in [0.1, 0.15) is 16.7 Å². The lowest BCUT2D eigenvalue weighted by atomic mass is 9.99. The van der Waals surface area contributed by atoms with Crippen LogP contribution in [0.4, 0.5) is 13.2 Å². The third kappa shape index (κ3) is 6.38. The van der Waals surface area contributed by atoms with Crippen molar-refractivity contribution in [1.82, 2.24) is 4.98 Å². The number of pyridine rings is 1. The maximum absolute atomic E-state index is 13.5. The fourth-order valence-electron chi connectivity index (χ4n) is 4.47. The van der Waals surface area contributed by atoms with E-state index in [1.807, 2.05) is 0 Å². The van der Waals surface area contributed by atoms with Gasteiger partial charge in [0, 0.05) is 11.6 Å². The van der Waals surface area contributed by atoms with Crippen LogP contribution in [0.15, 0.2) is 108 Å². The van der Waals surface area contributed by atoms with Crippen LogP contribution in [0.3, 0.4) is 0 Å². The van der Waals surface area contributed by atoms with Crippen LogP contribution in [0.2, 0.25) is 0 Å². The Balaban J connectivity index is 1.34. The van der Waals surface area contributed by atoms with Crippen LogP contribution < -0.4 is 4.74 Å². The number of nitrogens with zero attached hydrogens (tertiary/aromatic N) is 1. The minimum absolute atomic E-state index is 0.0944. The molecule has 0 bridgehead atoms. The molecule has 0 saturated heterocycles. The second kappa shape index (κ2) is 11.1. The lowest BCUT2D eigenvalue weighted by Gasteiger charge is -2.13. The van der Waals surface area contributed by atoms with E-state index in [4.69, 9.17) is 9.84 Å². The van der Waals surface area contributed by atoms with Crippen molar-refractivity contribution in [2.24, 2.45) is 0 Å². The Morgan fingerprint density at radius 1 is 0.829 bits per heavy atom. The minimum atomic E-state index is -4.54. The number of sulfone groups is 1. The molecule has 0 atom stereocenters. The normalized spacial score (nSPS) is 11.9. The van der Waals surface area contributed by atoms with Gasteiger partial charge in [-0.3, -0.25) is 9.78 Å². The minimum Gasteiger partial charge on any atom is -0.481 e. The van der Waals surface area contributed by atoms with E-state index >= 15 is 0 Å². The number of halogens is 3. The molecule has 0 amide bonds. The van der Waals surface area contributed by atoms with Crippen LogP contribution in [-0.4, -0.2) is 24.5 Å². The number of hydrogen-bond acceptors (Lipinski definition) is 5. The van der Waals surface area contributed by atoms with Crippen molar-refractivity contribution in [3.05, 3.63) is 120 Å². The van der Waals surface area contributed by atoms with Gasteiger partial charge in [0.2, 0.25) is 0 Å². The molecule has 1 aromatic heterocycles. The van der Waals surface area contributed by atoms with Crippen molar-refractivity contribution >= 4 is 26.7 Å². The van der Waals surface area contributed by atoms with E-state index in [0.717, 1.165) is 6.07 Å². The summed E-state index contributed by atoms with van der Waals surface area (Å²) in [5, 5.41) is 9.23. The van der Waals surface area contributed by atoms with Crippen molar-refractivity contribution < 1.29 is 36.2 Å². The van der Waals surface area contributed by atoms with Gasteiger partial charge in [-0.05, 0) is 70.8 Å². The SMILES string of the molecule is O=C(O)Cc1ccc(CS(=O)(=O)c2ccc(Oc3cccc(-c4ccnc5c(C(F)(F)F)cccc45)c3)cc2)cc1. The van der Waals surface area contributed by atoms with E-state index in [-0.39, 0.29) is 22.6 Å². The Kier molecular flexibility index (Phi) is 7.51. The molecule has 41 heavy (non-hydrogen) atoms. The van der Waals surface area contributed by atoms with E-state index < -0.39 is 27.5 Å². The fourth-order valence-corrected chi connectivity index (χ4v) is 5.81. The highest BCUT2D eigenvalue weighted by Gasteiger charge is 2.33. The summed E-state index contributed by atoms with van der Waals surface area (Å²) in [6.45, 7) is 0. The predicted molar refractivity (Wildman–Crippen MR) is 147 cm³/mol. The molecule has 0 radical (unpaired) electrons. The van der Waals surface area contributed by atoms with Crippen molar-refractivity contribution in [3.8, 4) is 22.6 Å². The Hall–Kier alpha value is -4.70. The average molecular weight is 578 g/mol. The van der Waals surface area contributed by atoms with Gasteiger partial charge < -0.3 is 9.84 Å². The van der Waals surface area contributed by atoms with E-state index in [1.165, 1.54) is 36.5 Å². The molecule has 0 unspecified atom stereocenters. The standard InChI is InChI=1S/C31H22F3NO5S/c32-31(33,34)28-6-2-5-27-26(15-16-35-30(27)28)22-3-1-4-24(18-22)40-23-11-13-25(14-12-23)41(38,39)19-21-9-7-20(8-10-21)17-29(36)37/h1-16,18H,17,19H2,(H,36,37). The highest BCUT2D eigenvalue weighted by molar-refractivity contribution is 7.90. The summed E-state index contributed by atoms with van der Waals surface area (Å²) >= 11 is 0. The van der Waals surface area contributed by atoms with Gasteiger partial charge in [0.25, 0.3) is 0 Å². The molecule has 0 aliphatic rings. The maximum Gasteiger partial charge on any atom is 0.418 e. The molecule has 208 valence electrons. The van der Waals surface area contributed by atoms with Crippen LogP contribution >= 0.6 is 0 Å². The first kappa shape index (κ1) is 27.9. The lowest BCUT2D eigenvalue weighted by Crippen LogP contribution is -2.06. The van der Waals surface area contributed by atoms with Gasteiger partial charge in [-0.25, -0.2) is 8.42 Å². The average Bonchev–Trinajstić information content (AvgIpc) is 2.93. The Morgan fingerprint density at radius 3 is 2.20 bits per heavy atom. The number of aliphatic carboxylic acids is 1. The molecular formula is C31H22F3NO5S. The number of para-hydroxylation sites is 1. The Bertz CT molecular complexity index is 1840. The van der Waals surface area contributed by atoms with Crippen molar-refractivity contribution in [2.45, 2.75) is 23.2 Å². The molecular weight excluding hydrogens is 555 g/mol. The van der Waals surface area contributed by atoms with Gasteiger partial charge in [0.15, 0.2) is 9.84 Å². The van der Waals surface area contributed by atoms with Crippen LogP contribution in [-0.2, 0) is 33.0 Å². The molecule has 1 heterocycles. The second-order valence-corrected chi connectivity index (χ2v) is 11.3. The smallest absolute Gasteiger partial charge is 0.418 e. The quantitative estimate of drug-likeness (QED) is 0.208. The topological polar surface area (TPSA) is 93.6 Å². The molecule has 10 heteroatoms. The molecule has 0 fully saturated rings. The summed E-state index contributed by atoms with van der Waals surface area (Å²) in [5.41, 5.74) is 1.34. The van der Waals surface area contributed by atoms with Crippen LogP contribution in [0.25, 0.3) is 22.0 Å². The summed E-state index contributed by atoms with van der Waals surface area (Å²) in [4.78, 5) is 14.9. The van der Waals surface area contributed by atoms with Crippen molar-refractivity contribution in [2.75, 3.05) is 0 Å². The number of alkyl halides is 3. The van der Waals surface area contributed by atoms with E-state index in [9.17, 15) is 26.4 Å². The van der Waals surface area contributed by atoms with Gasteiger partial charge in [-0.15, -0.1) is 0 Å². The van der Waals surface area contributed by atoms with E-state index in [1.54, 1.807) is 60.7 Å². The highest BCUT2D eigenvalue weighted by atomic mass is 32.2. The summed E-state index contributed by atoms with van der Waals surface area (Å²) in [6.07, 6.45) is -3.35. The van der Waals surface area contributed by atoms with Gasteiger partial charge in [0.1, 0.15) is 11.5 Å². The molecule has 5 aromatic rings. The zero-order valence-corrected chi connectivity index (χ0v) is 22.1. The van der Waals surface area contributed by atoms with Crippen LogP contribution in [0.5, 0.6) is 11.5 Å². The molecule has 1 N–H and O–H groups in total. The van der Waals surface area contributed by atoms with Gasteiger partial charge >= 0.3 is 12.1 Å². The monoisotopic (exact) mass is 577 g/mol. The largest absolute Gasteiger partial charge is 0.481 e. The molecule has 0 saturated carbocycles. The maximum atomic E-state index is 13.5. The zero-order chi connectivity index (χ0) is 29.2. The first-order valence-corrected chi connectivity index (χ1v) is 14.0. The number of carboxylic acid groups (broad SMARTS) is 1. The number of carboxylic acids is 1. The summed E-state index contributed by atoms with van der Waals surface area (Å²) < 4.78 is 72.3. The Labute approximate surface area is 233 Å². The predicted octanol–water partition coefficient (Wildman–Crippen LogP) is 7.31.